The molecule has 0 bridgehead atoms. The number of rotatable bonds is 5. The summed E-state index contributed by atoms with van der Waals surface area (Å²) in [5.74, 6) is 0.228. The van der Waals surface area contributed by atoms with E-state index in [0.717, 1.165) is 0 Å². The second kappa shape index (κ2) is 6.82. The van der Waals surface area contributed by atoms with Gasteiger partial charge >= 0.3 is 0 Å². The number of benzene rings is 2. The van der Waals surface area contributed by atoms with Crippen molar-refractivity contribution in [2.45, 2.75) is 6.92 Å². The lowest BCUT2D eigenvalue weighted by atomic mass is 10.1. The van der Waals surface area contributed by atoms with Crippen LogP contribution in [-0.2, 0) is 0 Å². The molecule has 2 N–H and O–H groups in total. The summed E-state index contributed by atoms with van der Waals surface area (Å²) in [6.45, 7) is 1.51. The molecule has 1 heterocycles. The predicted molar refractivity (Wildman–Crippen MR) is 89.2 cm³/mol. The first-order valence-corrected chi connectivity index (χ1v) is 7.21. The molecular weight excluding hydrogens is 309 g/mol. The fourth-order valence-corrected chi connectivity index (χ4v) is 2.03. The van der Waals surface area contributed by atoms with Gasteiger partial charge in [0.1, 0.15) is 5.82 Å². The highest BCUT2D eigenvalue weighted by molar-refractivity contribution is 5.94. The van der Waals surface area contributed by atoms with Gasteiger partial charge in [-0.3, -0.25) is 4.79 Å². The average Bonchev–Trinajstić information content (AvgIpc) is 2.58. The third kappa shape index (κ3) is 3.70. The average molecular weight is 323 g/mol. The largest absolute Gasteiger partial charge is 0.336 e. The van der Waals surface area contributed by atoms with Gasteiger partial charge in [0.25, 0.3) is 0 Å². The predicted octanol–water partition coefficient (Wildman–Crippen LogP) is 3.70. The highest BCUT2D eigenvalue weighted by atomic mass is 19.1. The van der Waals surface area contributed by atoms with Crippen molar-refractivity contribution >= 4 is 28.9 Å². The van der Waals surface area contributed by atoms with Gasteiger partial charge in [-0.05, 0) is 43.3 Å². The second-order valence-electron chi connectivity index (χ2n) is 5.03. The minimum atomic E-state index is -0.384. The summed E-state index contributed by atoms with van der Waals surface area (Å²) in [5, 5.41) is 13.6. The number of hydrogen-bond donors (Lipinski definition) is 2. The molecule has 0 saturated heterocycles. The minimum absolute atomic E-state index is 0.00412. The molecule has 0 unspecified atom stereocenters. The maximum Gasteiger partial charge on any atom is 0.249 e. The van der Waals surface area contributed by atoms with Crippen molar-refractivity contribution in [1.82, 2.24) is 15.2 Å². The highest BCUT2D eigenvalue weighted by Gasteiger charge is 2.05. The first-order valence-electron chi connectivity index (χ1n) is 7.21. The number of aromatic nitrogens is 3. The van der Waals surface area contributed by atoms with Crippen molar-refractivity contribution in [2.75, 3.05) is 10.6 Å². The van der Waals surface area contributed by atoms with Gasteiger partial charge in [0, 0.05) is 11.3 Å². The molecule has 3 rings (SSSR count). The van der Waals surface area contributed by atoms with E-state index in [1.165, 1.54) is 19.2 Å². The first-order chi connectivity index (χ1) is 11.6. The van der Waals surface area contributed by atoms with E-state index in [2.05, 4.69) is 25.8 Å². The molecular formula is C17H14FN5O. The van der Waals surface area contributed by atoms with Crippen LogP contribution in [-0.4, -0.2) is 21.0 Å². The molecule has 0 aliphatic heterocycles. The summed E-state index contributed by atoms with van der Waals surface area (Å²) >= 11 is 0. The van der Waals surface area contributed by atoms with Crippen molar-refractivity contribution in [3.63, 3.8) is 0 Å². The molecule has 0 aliphatic carbocycles. The Balaban J connectivity index is 1.75. The summed E-state index contributed by atoms with van der Waals surface area (Å²) in [6, 6.07) is 13.2. The van der Waals surface area contributed by atoms with Crippen LogP contribution in [0.2, 0.25) is 0 Å². The number of nitrogens with zero attached hydrogens (tertiary/aromatic N) is 3. The van der Waals surface area contributed by atoms with Crippen molar-refractivity contribution < 1.29 is 9.18 Å². The lowest BCUT2D eigenvalue weighted by molar-refractivity contribution is 0.101. The Labute approximate surface area is 137 Å². The molecule has 1 aromatic heterocycles. The zero-order valence-corrected chi connectivity index (χ0v) is 12.8. The van der Waals surface area contributed by atoms with Gasteiger partial charge in [0.15, 0.2) is 11.6 Å². The van der Waals surface area contributed by atoms with E-state index < -0.39 is 0 Å². The summed E-state index contributed by atoms with van der Waals surface area (Å²) < 4.78 is 13.7. The van der Waals surface area contributed by atoms with E-state index in [-0.39, 0.29) is 17.5 Å². The zero-order valence-electron chi connectivity index (χ0n) is 12.8. The van der Waals surface area contributed by atoms with Gasteiger partial charge in [-0.2, -0.15) is 10.1 Å². The zero-order chi connectivity index (χ0) is 16.9. The number of carbonyl (C=O) groups is 1. The second-order valence-corrected chi connectivity index (χ2v) is 5.03. The Kier molecular flexibility index (Phi) is 4.42. The number of para-hydroxylation sites is 1. The lowest BCUT2D eigenvalue weighted by Gasteiger charge is -2.08. The maximum atomic E-state index is 13.7. The molecule has 6 nitrogen and oxygen atoms in total. The first kappa shape index (κ1) is 15.5. The van der Waals surface area contributed by atoms with E-state index >= 15 is 0 Å². The van der Waals surface area contributed by atoms with E-state index in [4.69, 9.17) is 0 Å². The number of anilines is 4. The molecule has 0 atom stereocenters. The van der Waals surface area contributed by atoms with Crippen LogP contribution >= 0.6 is 0 Å². The molecule has 120 valence electrons. The standard InChI is InChI=1S/C17H14FN5O/c1-11(24)12-6-8-13(9-7-12)20-17-22-16(10-19-23-17)21-15-5-3-2-4-14(15)18/h2-10H,1H3,(H2,20,21,22,23). The van der Waals surface area contributed by atoms with Gasteiger partial charge in [0.05, 0.1) is 11.9 Å². The molecule has 7 heteroatoms. The number of hydrogen-bond acceptors (Lipinski definition) is 6. The third-order valence-corrected chi connectivity index (χ3v) is 3.24. The van der Waals surface area contributed by atoms with Crippen LogP contribution in [0.1, 0.15) is 17.3 Å². The normalized spacial score (nSPS) is 10.2. The number of halogens is 1. The summed E-state index contributed by atoms with van der Waals surface area (Å²) in [4.78, 5) is 15.5. The Bertz CT molecular complexity index is 867. The van der Waals surface area contributed by atoms with Crippen LogP contribution in [0.15, 0.2) is 54.7 Å². The number of Topliss-reactive ketones (excluding diaryl/α,β-unsaturated/α-hetero) is 1. The van der Waals surface area contributed by atoms with Crippen molar-refractivity contribution in [1.29, 1.82) is 0 Å². The Hall–Kier alpha value is -3.35. The number of nitrogens with one attached hydrogen (secondary N) is 2. The monoisotopic (exact) mass is 323 g/mol. The lowest BCUT2D eigenvalue weighted by Crippen LogP contribution is -2.03. The Morgan fingerprint density at radius 2 is 1.79 bits per heavy atom. The molecule has 24 heavy (non-hydrogen) atoms. The summed E-state index contributed by atoms with van der Waals surface area (Å²) in [6.07, 6.45) is 1.40. The molecule has 0 aliphatic rings. The smallest absolute Gasteiger partial charge is 0.249 e. The molecule has 0 spiro atoms. The van der Waals surface area contributed by atoms with E-state index in [0.29, 0.717) is 22.8 Å². The SMILES string of the molecule is CC(=O)c1ccc(Nc2nncc(Nc3ccccc3F)n2)cc1. The van der Waals surface area contributed by atoms with E-state index in [1.54, 1.807) is 42.5 Å². The van der Waals surface area contributed by atoms with Gasteiger partial charge in [-0.15, -0.1) is 5.10 Å². The molecule has 2 aromatic carbocycles. The number of ketones is 1. The van der Waals surface area contributed by atoms with Gasteiger partial charge in [-0.25, -0.2) is 4.39 Å². The van der Waals surface area contributed by atoms with Crippen LogP contribution in [0, 0.1) is 5.82 Å². The quantitative estimate of drug-likeness (QED) is 0.697. The third-order valence-electron chi connectivity index (χ3n) is 3.24. The molecule has 0 radical (unpaired) electrons. The van der Waals surface area contributed by atoms with Crippen LogP contribution in [0.3, 0.4) is 0 Å². The molecule has 0 amide bonds. The van der Waals surface area contributed by atoms with Crippen molar-refractivity contribution in [2.24, 2.45) is 0 Å². The topological polar surface area (TPSA) is 79.8 Å². The maximum absolute atomic E-state index is 13.7. The van der Waals surface area contributed by atoms with Crippen molar-refractivity contribution in [3.8, 4) is 0 Å². The summed E-state index contributed by atoms with van der Waals surface area (Å²) in [7, 11) is 0. The van der Waals surface area contributed by atoms with Gasteiger partial charge < -0.3 is 10.6 Å². The Morgan fingerprint density at radius 3 is 2.50 bits per heavy atom. The van der Waals surface area contributed by atoms with E-state index in [9.17, 15) is 9.18 Å². The summed E-state index contributed by atoms with van der Waals surface area (Å²) in [5.41, 5.74) is 1.63. The number of carbonyl (C=O) groups excluding carboxylic acids is 1. The van der Waals surface area contributed by atoms with Crippen LogP contribution in [0.5, 0.6) is 0 Å². The van der Waals surface area contributed by atoms with Crippen LogP contribution in [0.4, 0.5) is 27.5 Å². The van der Waals surface area contributed by atoms with Crippen LogP contribution < -0.4 is 10.6 Å². The fraction of sp³-hybridized carbons (Fsp3) is 0.0588. The van der Waals surface area contributed by atoms with E-state index in [1.807, 2.05) is 0 Å². The van der Waals surface area contributed by atoms with Gasteiger partial charge in [-0.1, -0.05) is 12.1 Å². The highest BCUT2D eigenvalue weighted by Crippen LogP contribution is 2.19. The molecule has 3 aromatic rings. The minimum Gasteiger partial charge on any atom is -0.336 e. The van der Waals surface area contributed by atoms with Gasteiger partial charge in [0.2, 0.25) is 5.95 Å². The molecule has 0 fully saturated rings. The molecule has 0 saturated carbocycles. The van der Waals surface area contributed by atoms with Crippen LogP contribution in [0.25, 0.3) is 0 Å². The van der Waals surface area contributed by atoms with Crippen molar-refractivity contribution in [3.05, 3.63) is 66.1 Å². The fourth-order valence-electron chi connectivity index (χ4n) is 2.03. The Morgan fingerprint density at radius 1 is 1.04 bits per heavy atom.